The molecule has 0 radical (unpaired) electrons. The van der Waals surface area contributed by atoms with Gasteiger partial charge in [0.05, 0.1) is 6.54 Å². The van der Waals surface area contributed by atoms with Crippen LogP contribution in [-0.4, -0.2) is 68.2 Å². The van der Waals surface area contributed by atoms with Crippen LogP contribution in [0.4, 0.5) is 0 Å². The molecule has 1 fully saturated rings. The summed E-state index contributed by atoms with van der Waals surface area (Å²) in [5.41, 5.74) is 1.18. The highest BCUT2D eigenvalue weighted by atomic mass is 16.6. The molecule has 0 bridgehead atoms. The zero-order chi connectivity index (χ0) is 16.1. The van der Waals surface area contributed by atoms with Crippen LogP contribution in [0.15, 0.2) is 18.2 Å². The van der Waals surface area contributed by atoms with Gasteiger partial charge in [0.15, 0.2) is 11.5 Å². The Morgan fingerprint density at radius 2 is 1.87 bits per heavy atom. The van der Waals surface area contributed by atoms with Gasteiger partial charge in [-0.05, 0) is 13.0 Å². The number of likely N-dealkylation sites (N-methyl/N-ethyl adjacent to an activating group) is 1. The molecule has 126 valence electrons. The topological polar surface area (TPSA) is 54.0 Å². The standard InChI is InChI=1S/C17H25N3O3/c1-2-18-16(21)13-20-8-6-19(7-9-20)12-14-4-3-5-15-17(14)23-11-10-22-15/h3-5H,2,6-13H2,1H3,(H,18,21). The average Bonchev–Trinajstić information content (AvgIpc) is 2.57. The van der Waals surface area contributed by atoms with E-state index in [0.29, 0.717) is 26.3 Å². The van der Waals surface area contributed by atoms with E-state index in [1.165, 1.54) is 5.56 Å². The molecule has 0 aliphatic carbocycles. The van der Waals surface area contributed by atoms with Gasteiger partial charge in [0.25, 0.3) is 0 Å². The van der Waals surface area contributed by atoms with E-state index in [9.17, 15) is 4.79 Å². The first-order chi connectivity index (χ1) is 11.3. The molecule has 1 aromatic carbocycles. The lowest BCUT2D eigenvalue weighted by atomic mass is 10.1. The Hall–Kier alpha value is -1.79. The Morgan fingerprint density at radius 1 is 1.13 bits per heavy atom. The molecule has 0 unspecified atom stereocenters. The number of hydrogen-bond acceptors (Lipinski definition) is 5. The molecule has 0 saturated carbocycles. The van der Waals surface area contributed by atoms with Crippen molar-refractivity contribution in [1.29, 1.82) is 0 Å². The van der Waals surface area contributed by atoms with E-state index in [2.05, 4.69) is 21.2 Å². The first kappa shape index (κ1) is 16.1. The molecule has 2 aliphatic heterocycles. The smallest absolute Gasteiger partial charge is 0.234 e. The molecule has 1 saturated heterocycles. The fourth-order valence-corrected chi connectivity index (χ4v) is 3.06. The predicted octanol–water partition coefficient (Wildman–Crippen LogP) is 0.712. The summed E-state index contributed by atoms with van der Waals surface area (Å²) in [5, 5.41) is 2.85. The number of piperazine rings is 1. The first-order valence-electron chi connectivity index (χ1n) is 8.35. The maximum Gasteiger partial charge on any atom is 0.234 e. The lowest BCUT2D eigenvalue weighted by Gasteiger charge is -2.34. The van der Waals surface area contributed by atoms with Crippen LogP contribution in [0.1, 0.15) is 12.5 Å². The van der Waals surface area contributed by atoms with E-state index < -0.39 is 0 Å². The van der Waals surface area contributed by atoms with Gasteiger partial charge in [0, 0.05) is 44.8 Å². The van der Waals surface area contributed by atoms with Gasteiger partial charge in [-0.1, -0.05) is 12.1 Å². The molecule has 3 rings (SSSR count). The summed E-state index contributed by atoms with van der Waals surface area (Å²) in [6, 6.07) is 6.09. The minimum Gasteiger partial charge on any atom is -0.486 e. The number of rotatable bonds is 5. The third-order valence-electron chi connectivity index (χ3n) is 4.25. The van der Waals surface area contributed by atoms with Crippen LogP contribution in [0.2, 0.25) is 0 Å². The number of para-hydroxylation sites is 1. The molecule has 6 nitrogen and oxygen atoms in total. The molecular formula is C17H25N3O3. The van der Waals surface area contributed by atoms with E-state index in [4.69, 9.17) is 9.47 Å². The number of nitrogens with zero attached hydrogens (tertiary/aromatic N) is 2. The maximum atomic E-state index is 11.6. The van der Waals surface area contributed by atoms with Crippen molar-refractivity contribution in [2.45, 2.75) is 13.5 Å². The highest BCUT2D eigenvalue weighted by Gasteiger charge is 2.21. The largest absolute Gasteiger partial charge is 0.486 e. The molecule has 1 aromatic rings. The van der Waals surface area contributed by atoms with Crippen molar-refractivity contribution < 1.29 is 14.3 Å². The van der Waals surface area contributed by atoms with Crippen molar-refractivity contribution in [3.05, 3.63) is 23.8 Å². The highest BCUT2D eigenvalue weighted by molar-refractivity contribution is 5.77. The van der Waals surface area contributed by atoms with Crippen LogP contribution in [0.5, 0.6) is 11.5 Å². The monoisotopic (exact) mass is 319 g/mol. The summed E-state index contributed by atoms with van der Waals surface area (Å²) < 4.78 is 11.4. The fourth-order valence-electron chi connectivity index (χ4n) is 3.06. The SMILES string of the molecule is CCNC(=O)CN1CCN(Cc2cccc3c2OCCO3)CC1. The van der Waals surface area contributed by atoms with Gasteiger partial charge in [-0.3, -0.25) is 14.6 Å². The van der Waals surface area contributed by atoms with E-state index in [0.717, 1.165) is 44.2 Å². The Morgan fingerprint density at radius 3 is 2.65 bits per heavy atom. The van der Waals surface area contributed by atoms with Crippen molar-refractivity contribution in [3.63, 3.8) is 0 Å². The summed E-state index contributed by atoms with van der Waals surface area (Å²) in [6.07, 6.45) is 0. The normalized spacial score (nSPS) is 18.7. The summed E-state index contributed by atoms with van der Waals surface area (Å²) in [5.74, 6) is 1.86. The third-order valence-corrected chi connectivity index (χ3v) is 4.25. The van der Waals surface area contributed by atoms with Crippen LogP contribution in [0.3, 0.4) is 0 Å². The van der Waals surface area contributed by atoms with E-state index in [1.54, 1.807) is 0 Å². The quantitative estimate of drug-likeness (QED) is 0.866. The molecule has 2 aliphatic rings. The molecule has 23 heavy (non-hydrogen) atoms. The van der Waals surface area contributed by atoms with Crippen LogP contribution < -0.4 is 14.8 Å². The van der Waals surface area contributed by atoms with Crippen LogP contribution in [0, 0.1) is 0 Å². The van der Waals surface area contributed by atoms with Crippen molar-refractivity contribution in [2.75, 3.05) is 52.5 Å². The molecule has 0 spiro atoms. The predicted molar refractivity (Wildman–Crippen MR) is 87.8 cm³/mol. The third kappa shape index (κ3) is 4.14. The molecule has 1 amide bonds. The number of benzene rings is 1. The van der Waals surface area contributed by atoms with Crippen LogP contribution in [-0.2, 0) is 11.3 Å². The number of hydrogen-bond donors (Lipinski definition) is 1. The van der Waals surface area contributed by atoms with Crippen LogP contribution >= 0.6 is 0 Å². The van der Waals surface area contributed by atoms with Crippen LogP contribution in [0.25, 0.3) is 0 Å². The first-order valence-corrected chi connectivity index (χ1v) is 8.35. The van der Waals surface area contributed by atoms with Crippen molar-refractivity contribution in [1.82, 2.24) is 15.1 Å². The summed E-state index contributed by atoms with van der Waals surface area (Å²) in [7, 11) is 0. The van der Waals surface area contributed by atoms with Gasteiger partial charge in [0.2, 0.25) is 5.91 Å². The second kappa shape index (κ2) is 7.66. The second-order valence-corrected chi connectivity index (χ2v) is 5.95. The lowest BCUT2D eigenvalue weighted by Crippen LogP contribution is -2.49. The van der Waals surface area contributed by atoms with Gasteiger partial charge in [-0.15, -0.1) is 0 Å². The molecule has 0 aromatic heterocycles. The Kier molecular flexibility index (Phi) is 5.35. The summed E-state index contributed by atoms with van der Waals surface area (Å²) >= 11 is 0. The Balaban J connectivity index is 1.52. The van der Waals surface area contributed by atoms with Gasteiger partial charge >= 0.3 is 0 Å². The van der Waals surface area contributed by atoms with Gasteiger partial charge < -0.3 is 14.8 Å². The zero-order valence-electron chi connectivity index (χ0n) is 13.7. The average molecular weight is 319 g/mol. The number of fused-ring (bicyclic) bond motifs is 1. The number of ether oxygens (including phenoxy) is 2. The highest BCUT2D eigenvalue weighted by Crippen LogP contribution is 2.34. The molecule has 6 heteroatoms. The lowest BCUT2D eigenvalue weighted by molar-refractivity contribution is -0.122. The van der Waals surface area contributed by atoms with Crippen molar-refractivity contribution in [3.8, 4) is 11.5 Å². The minimum atomic E-state index is 0.114. The Labute approximate surface area is 137 Å². The number of amides is 1. The van der Waals surface area contributed by atoms with E-state index >= 15 is 0 Å². The molecular weight excluding hydrogens is 294 g/mol. The number of carbonyl (C=O) groups is 1. The molecule has 0 atom stereocenters. The maximum absolute atomic E-state index is 11.6. The van der Waals surface area contributed by atoms with Gasteiger partial charge in [-0.2, -0.15) is 0 Å². The van der Waals surface area contributed by atoms with E-state index in [1.807, 2.05) is 19.1 Å². The minimum absolute atomic E-state index is 0.114. The summed E-state index contributed by atoms with van der Waals surface area (Å²) in [6.45, 7) is 9.00. The van der Waals surface area contributed by atoms with Gasteiger partial charge in [0.1, 0.15) is 13.2 Å². The fraction of sp³-hybridized carbons (Fsp3) is 0.588. The van der Waals surface area contributed by atoms with Crippen molar-refractivity contribution in [2.24, 2.45) is 0 Å². The van der Waals surface area contributed by atoms with Crippen molar-refractivity contribution >= 4 is 5.91 Å². The second-order valence-electron chi connectivity index (χ2n) is 5.95. The number of nitrogens with one attached hydrogen (secondary N) is 1. The number of carbonyl (C=O) groups excluding carboxylic acids is 1. The summed E-state index contributed by atoms with van der Waals surface area (Å²) in [4.78, 5) is 16.3. The van der Waals surface area contributed by atoms with E-state index in [-0.39, 0.29) is 5.91 Å². The Bertz CT molecular complexity index is 542. The molecule has 2 heterocycles. The van der Waals surface area contributed by atoms with Gasteiger partial charge in [-0.25, -0.2) is 0 Å². The molecule has 1 N–H and O–H groups in total. The zero-order valence-corrected chi connectivity index (χ0v) is 13.7.